The molecular formula is C46H73FN6O11. The van der Waals surface area contributed by atoms with Gasteiger partial charge in [-0.15, -0.1) is 0 Å². The van der Waals surface area contributed by atoms with Crippen LogP contribution < -0.4 is 5.73 Å². The van der Waals surface area contributed by atoms with E-state index >= 15 is 4.39 Å². The third-order valence-electron chi connectivity index (χ3n) is 12.3. The van der Waals surface area contributed by atoms with Crippen LogP contribution in [0.4, 0.5) is 10.2 Å². The van der Waals surface area contributed by atoms with Crippen molar-refractivity contribution in [1.82, 2.24) is 14.9 Å². The lowest BCUT2D eigenvalue weighted by atomic mass is 9.69. The largest absolute Gasteiger partial charge is 0.457 e. The number of anilines is 1. The number of hydrogen-bond acceptors (Lipinski definition) is 16. The number of carbonyl (C=O) groups excluding carboxylic acids is 3. The fraction of sp³-hybridized carbons (Fsp3) is 0.717. The normalized spacial score (nSPS) is 23.3. The molecule has 0 bridgehead atoms. The Labute approximate surface area is 377 Å². The Bertz CT molecular complexity index is 1890. The number of pyridine rings is 1. The fourth-order valence-corrected chi connectivity index (χ4v) is 8.27. The second kappa shape index (κ2) is 24.4. The summed E-state index contributed by atoms with van der Waals surface area (Å²) in [5, 5.41) is 38.0. The quantitative estimate of drug-likeness (QED) is 0.0394. The number of aliphatic hydroxyl groups excluding tert-OH is 2. The van der Waals surface area contributed by atoms with Crippen molar-refractivity contribution in [3.05, 3.63) is 30.2 Å². The molecule has 3 heterocycles. The smallest absolute Gasteiger partial charge is 0.351 e. The van der Waals surface area contributed by atoms with Gasteiger partial charge in [-0.2, -0.15) is 0 Å². The minimum absolute atomic E-state index is 0.0170. The first kappa shape index (κ1) is 54.1. The number of rotatable bonds is 25. The van der Waals surface area contributed by atoms with E-state index in [1.807, 2.05) is 46.7 Å². The van der Waals surface area contributed by atoms with Crippen molar-refractivity contribution in [1.29, 1.82) is 0 Å². The van der Waals surface area contributed by atoms with Crippen molar-refractivity contribution >= 4 is 34.9 Å². The highest BCUT2D eigenvalue weighted by Crippen LogP contribution is 2.39. The van der Waals surface area contributed by atoms with Crippen molar-refractivity contribution in [2.45, 2.75) is 169 Å². The summed E-state index contributed by atoms with van der Waals surface area (Å²) in [5.41, 5.74) is 2.30. The van der Waals surface area contributed by atoms with Crippen LogP contribution >= 0.6 is 0 Å². The first-order chi connectivity index (χ1) is 30.0. The Morgan fingerprint density at radius 3 is 2.36 bits per heavy atom. The number of aliphatic hydroxyl groups is 3. The number of oxime groups is 1. The van der Waals surface area contributed by atoms with Gasteiger partial charge in [0.2, 0.25) is 11.8 Å². The summed E-state index contributed by atoms with van der Waals surface area (Å²) >= 11 is 0. The number of esters is 1. The minimum Gasteiger partial charge on any atom is -0.457 e. The number of aliphatic imine (C=N–C) groups is 1. The number of halogens is 1. The molecule has 18 heteroatoms. The average molecular weight is 905 g/mol. The summed E-state index contributed by atoms with van der Waals surface area (Å²) in [4.78, 5) is 60.9. The van der Waals surface area contributed by atoms with Gasteiger partial charge in [-0.25, -0.2) is 24.1 Å². The standard InChI is InChI=1S/C46H73FN6O11/c1-13-17-26(4)39(51-38(55)15-3)29(7)33(21-20-31(23-54)52-61-25-32-24-60-42(49-32)34-18-16-19-37(48)50-34)46(10,59)36(14-2)64-44(58)45(9,47)41(57)28(6)30(8)63-43-40(56)35(53(11)12)22-27(5)62-43/h16,18-19,24,26-30,33,35-36,40,43,54,56,59H,13-15,17,20-23,25H2,1-12H3,(H2,48,50)/b51-39?,52-31+/t26-,27-,28-,29-,30+,33-,35+,36-,40-,43+,45+,46+/m1/s1. The molecule has 1 saturated heterocycles. The average Bonchev–Trinajstić information content (AvgIpc) is 3.73. The summed E-state index contributed by atoms with van der Waals surface area (Å²) < 4.78 is 39.7. The molecule has 1 amide bonds. The fourth-order valence-electron chi connectivity index (χ4n) is 8.27. The van der Waals surface area contributed by atoms with Crippen LogP contribution in [0, 0.1) is 23.7 Å². The number of oxazole rings is 1. The molecule has 12 atom stereocenters. The first-order valence-electron chi connectivity index (χ1n) is 22.4. The van der Waals surface area contributed by atoms with E-state index in [1.54, 1.807) is 32.0 Å². The molecule has 0 unspecified atom stereocenters. The van der Waals surface area contributed by atoms with E-state index in [1.165, 1.54) is 27.0 Å². The number of ether oxygens (including phenoxy) is 3. The van der Waals surface area contributed by atoms with Crippen molar-refractivity contribution < 1.29 is 57.6 Å². The molecular weight excluding hydrogens is 832 g/mol. The van der Waals surface area contributed by atoms with Crippen LogP contribution in [-0.2, 0) is 40.0 Å². The van der Waals surface area contributed by atoms with E-state index in [4.69, 9.17) is 29.2 Å². The number of nitrogens with zero attached hydrogens (tertiary/aromatic N) is 5. The minimum atomic E-state index is -3.16. The Kier molecular flexibility index (Phi) is 20.6. The van der Waals surface area contributed by atoms with Crippen LogP contribution in [0.1, 0.15) is 120 Å². The van der Waals surface area contributed by atoms with E-state index in [9.17, 15) is 29.7 Å². The van der Waals surface area contributed by atoms with Gasteiger partial charge in [0.05, 0.1) is 24.5 Å². The van der Waals surface area contributed by atoms with Crippen LogP contribution in [0.25, 0.3) is 11.6 Å². The molecule has 0 spiro atoms. The van der Waals surface area contributed by atoms with Gasteiger partial charge in [-0.3, -0.25) is 9.59 Å². The van der Waals surface area contributed by atoms with Crippen molar-refractivity contribution in [3.63, 3.8) is 0 Å². The van der Waals surface area contributed by atoms with Crippen molar-refractivity contribution in [3.8, 4) is 11.6 Å². The topological polar surface area (TPSA) is 242 Å². The summed E-state index contributed by atoms with van der Waals surface area (Å²) in [5.74, 6) is -5.19. The monoisotopic (exact) mass is 905 g/mol. The maximum absolute atomic E-state index is 16.6. The zero-order valence-electron chi connectivity index (χ0n) is 39.7. The van der Waals surface area contributed by atoms with E-state index in [0.29, 0.717) is 35.8 Å². The lowest BCUT2D eigenvalue weighted by Crippen LogP contribution is -2.56. The Morgan fingerprint density at radius 2 is 1.77 bits per heavy atom. The van der Waals surface area contributed by atoms with E-state index in [0.717, 1.165) is 13.3 Å². The highest BCUT2D eigenvalue weighted by Gasteiger charge is 2.51. The molecule has 1 fully saturated rings. The van der Waals surface area contributed by atoms with Gasteiger partial charge in [0.1, 0.15) is 41.3 Å². The summed E-state index contributed by atoms with van der Waals surface area (Å²) in [7, 11) is 3.65. The SMILES string of the molecule is CCC[C@@H](C)C(=NC(=O)CC)[C@H](C)[C@@H](CC/C(CO)=N\OCc1coc(-c2cccc(N)n2)n1)[C@](C)(O)[C@@H](CC)OC(=O)[C@@](C)(F)C(=O)[C@H](C)[C@H](C)O[C@@H]1O[C@H](C)C[C@H](N(C)C)[C@H]1O. The number of ketones is 1. The zero-order valence-corrected chi connectivity index (χ0v) is 39.7. The molecule has 64 heavy (non-hydrogen) atoms. The molecule has 2 aromatic rings. The third kappa shape index (κ3) is 14.1. The zero-order chi connectivity index (χ0) is 48.1. The van der Waals surface area contributed by atoms with Gasteiger partial charge in [-0.1, -0.05) is 59.2 Å². The lowest BCUT2D eigenvalue weighted by molar-refractivity contribution is -0.269. The number of nitrogen functional groups attached to an aromatic ring is 1. The first-order valence-corrected chi connectivity index (χ1v) is 22.4. The molecule has 5 N–H and O–H groups in total. The van der Waals surface area contributed by atoms with E-state index < -0.39 is 72.0 Å². The van der Waals surface area contributed by atoms with Crippen molar-refractivity contribution in [2.24, 2.45) is 33.8 Å². The number of nitrogens with two attached hydrogens (primary N) is 1. The highest BCUT2D eigenvalue weighted by molar-refractivity contribution is 6.07. The van der Waals surface area contributed by atoms with Crippen LogP contribution in [0.5, 0.6) is 0 Å². The molecule has 3 rings (SSSR count). The summed E-state index contributed by atoms with van der Waals surface area (Å²) in [6.07, 6.45) is -0.917. The predicted octanol–water partition coefficient (Wildman–Crippen LogP) is 5.87. The van der Waals surface area contributed by atoms with Crippen LogP contribution in [0.3, 0.4) is 0 Å². The second-order valence-corrected chi connectivity index (χ2v) is 17.7. The van der Waals surface area contributed by atoms with Crippen LogP contribution in [0.2, 0.25) is 0 Å². The highest BCUT2D eigenvalue weighted by atomic mass is 19.1. The maximum Gasteiger partial charge on any atom is 0.351 e. The third-order valence-corrected chi connectivity index (χ3v) is 12.3. The van der Waals surface area contributed by atoms with E-state index in [2.05, 4.69) is 20.1 Å². The molecule has 1 aliphatic rings. The van der Waals surface area contributed by atoms with Crippen LogP contribution in [-0.4, -0.2) is 128 Å². The van der Waals surface area contributed by atoms with Gasteiger partial charge >= 0.3 is 5.97 Å². The molecule has 0 radical (unpaired) electrons. The lowest BCUT2D eigenvalue weighted by Gasteiger charge is -2.43. The maximum atomic E-state index is 16.6. The van der Waals surface area contributed by atoms with Gasteiger partial charge in [0, 0.05) is 30.0 Å². The molecule has 0 aliphatic carbocycles. The molecule has 1 aliphatic heterocycles. The molecule has 0 saturated carbocycles. The van der Waals surface area contributed by atoms with Gasteiger partial charge < -0.3 is 49.4 Å². The number of likely N-dealkylation sites (N-methyl/N-ethyl adjacent to an activating group) is 1. The molecule has 360 valence electrons. The van der Waals surface area contributed by atoms with Gasteiger partial charge in [0.15, 0.2) is 18.7 Å². The second-order valence-electron chi connectivity index (χ2n) is 17.7. The number of amides is 1. The molecule has 17 nitrogen and oxygen atoms in total. The molecule has 2 aromatic heterocycles. The number of carbonyl (C=O) groups is 3. The Morgan fingerprint density at radius 1 is 1.08 bits per heavy atom. The Balaban J connectivity index is 1.87. The summed E-state index contributed by atoms with van der Waals surface area (Å²) in [6.45, 7) is 15.6. The number of alkyl halides is 1. The predicted molar refractivity (Wildman–Crippen MR) is 240 cm³/mol. The van der Waals surface area contributed by atoms with Crippen LogP contribution in [0.15, 0.2) is 39.0 Å². The van der Waals surface area contributed by atoms with E-state index in [-0.39, 0.29) is 67.9 Å². The number of aromatic nitrogens is 2. The number of hydrogen-bond donors (Lipinski definition) is 4. The van der Waals surface area contributed by atoms with Crippen molar-refractivity contribution in [2.75, 3.05) is 26.4 Å². The van der Waals surface area contributed by atoms with Gasteiger partial charge in [-0.05, 0) is 97.9 Å². The Hall–Kier alpha value is -4.20. The number of Topliss-reactive ketones (excluding diaryl/α,β-unsaturated/α-hetero) is 1. The molecule has 0 aromatic carbocycles. The van der Waals surface area contributed by atoms with Gasteiger partial charge in [0.25, 0.3) is 5.67 Å². The summed E-state index contributed by atoms with van der Waals surface area (Å²) in [6, 6.07) is 4.77.